The van der Waals surface area contributed by atoms with Gasteiger partial charge in [0, 0.05) is 11.4 Å². The van der Waals surface area contributed by atoms with Gasteiger partial charge in [0.15, 0.2) is 11.5 Å². The maximum absolute atomic E-state index is 11.4. The van der Waals surface area contributed by atoms with Crippen LogP contribution in [0.4, 0.5) is 5.82 Å². The first kappa shape index (κ1) is 17.5. The molecule has 1 atom stereocenters. The smallest absolute Gasteiger partial charge is 0.313 e. The van der Waals surface area contributed by atoms with Gasteiger partial charge in [0.1, 0.15) is 22.4 Å². The van der Waals surface area contributed by atoms with E-state index in [0.29, 0.717) is 18.2 Å². The van der Waals surface area contributed by atoms with Crippen molar-refractivity contribution in [3.8, 4) is 11.5 Å². The summed E-state index contributed by atoms with van der Waals surface area (Å²) in [5.74, 6) is 0.720. The van der Waals surface area contributed by atoms with Crippen molar-refractivity contribution in [3.05, 3.63) is 40.5 Å². The molecule has 8 heteroatoms. The number of carboxylic acids is 1. The molecule has 1 aliphatic rings. The molecule has 3 heterocycles. The molecule has 1 aliphatic heterocycles. The van der Waals surface area contributed by atoms with Gasteiger partial charge in [-0.25, -0.2) is 9.97 Å². The quantitative estimate of drug-likeness (QED) is 0.667. The molecule has 1 aromatic carbocycles. The first-order valence-electron chi connectivity index (χ1n) is 8.70. The molecule has 4 rings (SSSR count). The highest BCUT2D eigenvalue weighted by atomic mass is 32.1. The minimum atomic E-state index is -0.941. The van der Waals surface area contributed by atoms with Gasteiger partial charge >= 0.3 is 5.97 Å². The summed E-state index contributed by atoms with van der Waals surface area (Å²) in [6, 6.07) is 7.84. The predicted molar refractivity (Wildman–Crippen MR) is 103 cm³/mol. The molecule has 140 valence electrons. The molecule has 0 radical (unpaired) electrons. The molecular weight excluding hydrogens is 366 g/mol. The molecule has 7 nitrogen and oxygen atoms in total. The lowest BCUT2D eigenvalue weighted by molar-refractivity contribution is -0.138. The number of fused-ring (bicyclic) bond motifs is 2. The average Bonchev–Trinajstić information content (AvgIpc) is 3.30. The molecule has 3 aromatic rings. The van der Waals surface area contributed by atoms with Crippen molar-refractivity contribution in [2.24, 2.45) is 0 Å². The van der Waals surface area contributed by atoms with E-state index in [1.54, 1.807) is 18.3 Å². The zero-order valence-corrected chi connectivity index (χ0v) is 15.8. The highest BCUT2D eigenvalue weighted by Gasteiger charge is 2.20. The van der Waals surface area contributed by atoms with E-state index in [2.05, 4.69) is 28.3 Å². The van der Waals surface area contributed by atoms with Crippen LogP contribution in [0, 0.1) is 0 Å². The third kappa shape index (κ3) is 3.40. The summed E-state index contributed by atoms with van der Waals surface area (Å²) in [7, 11) is 0. The number of aliphatic carboxylic acids is 1. The highest BCUT2D eigenvalue weighted by molar-refractivity contribution is 7.18. The number of anilines is 1. The van der Waals surface area contributed by atoms with Crippen molar-refractivity contribution in [1.82, 2.24) is 9.97 Å². The number of hydrogen-bond donors (Lipinski definition) is 2. The number of carbonyl (C=O) groups is 1. The van der Waals surface area contributed by atoms with E-state index in [0.717, 1.165) is 33.7 Å². The van der Waals surface area contributed by atoms with E-state index in [1.165, 1.54) is 4.88 Å². The lowest BCUT2D eigenvalue weighted by Gasteiger charge is -2.11. The topological polar surface area (TPSA) is 93.6 Å². The molecular formula is C19H19N3O4S. The number of benzene rings is 1. The van der Waals surface area contributed by atoms with Gasteiger partial charge in [-0.05, 0) is 37.1 Å². The van der Waals surface area contributed by atoms with Crippen molar-refractivity contribution < 1.29 is 19.4 Å². The molecule has 1 unspecified atom stereocenters. The minimum absolute atomic E-state index is 0.240. The van der Waals surface area contributed by atoms with Gasteiger partial charge < -0.3 is 19.9 Å². The Morgan fingerprint density at radius 2 is 2.11 bits per heavy atom. The molecule has 27 heavy (non-hydrogen) atoms. The van der Waals surface area contributed by atoms with Gasteiger partial charge in [-0.3, -0.25) is 4.79 Å². The van der Waals surface area contributed by atoms with Crippen LogP contribution in [-0.4, -0.2) is 27.8 Å². The predicted octanol–water partition coefficient (Wildman–Crippen LogP) is 3.78. The summed E-state index contributed by atoms with van der Waals surface area (Å²) in [5.41, 5.74) is 1.02. The van der Waals surface area contributed by atoms with Crippen molar-refractivity contribution in [2.75, 3.05) is 12.1 Å². The van der Waals surface area contributed by atoms with Gasteiger partial charge in [0.2, 0.25) is 6.79 Å². The first-order valence-corrected chi connectivity index (χ1v) is 9.52. The minimum Gasteiger partial charge on any atom is -0.481 e. The van der Waals surface area contributed by atoms with Crippen molar-refractivity contribution in [1.29, 1.82) is 0 Å². The largest absolute Gasteiger partial charge is 0.481 e. The maximum Gasteiger partial charge on any atom is 0.313 e. The Morgan fingerprint density at radius 3 is 2.89 bits per heavy atom. The number of rotatable bonds is 6. The number of aryl methyl sites for hydroxylation is 1. The number of thiophene rings is 1. The molecule has 0 saturated carbocycles. The molecule has 2 N–H and O–H groups in total. The summed E-state index contributed by atoms with van der Waals surface area (Å²) in [5, 5.41) is 13.6. The van der Waals surface area contributed by atoms with E-state index in [4.69, 9.17) is 9.47 Å². The van der Waals surface area contributed by atoms with Crippen molar-refractivity contribution in [3.63, 3.8) is 0 Å². The molecule has 0 bridgehead atoms. The average molecular weight is 385 g/mol. The Labute approximate surface area is 160 Å². The number of nitrogens with zero attached hydrogens (tertiary/aromatic N) is 2. The van der Waals surface area contributed by atoms with E-state index >= 15 is 0 Å². The first-order chi connectivity index (χ1) is 13.0. The summed E-state index contributed by atoms with van der Waals surface area (Å²) in [6.07, 6.45) is 0.895. The Bertz CT molecular complexity index is 1020. The zero-order valence-electron chi connectivity index (χ0n) is 15.0. The van der Waals surface area contributed by atoms with Crippen LogP contribution < -0.4 is 14.8 Å². The number of carboxylic acid groups (broad SMARTS) is 1. The summed E-state index contributed by atoms with van der Waals surface area (Å²) < 4.78 is 10.8. The standard InChI is InChI=1S/C19H19N3O4S/c1-3-12-7-13-17(21-16(10(2)19(23)24)22-18(13)27-12)20-8-11-4-5-14-15(6-11)26-9-25-14/h4-7,10H,3,8-9H2,1-2H3,(H,23,24)(H,20,21,22). The summed E-state index contributed by atoms with van der Waals surface area (Å²) >= 11 is 1.57. The number of nitrogens with one attached hydrogen (secondary N) is 1. The molecule has 0 saturated heterocycles. The molecule has 0 aliphatic carbocycles. The Kier molecular flexibility index (Phi) is 4.57. The fourth-order valence-corrected chi connectivity index (χ4v) is 3.81. The fraction of sp³-hybridized carbons (Fsp3) is 0.316. The van der Waals surface area contributed by atoms with Gasteiger partial charge in [0.05, 0.1) is 5.39 Å². The Morgan fingerprint density at radius 1 is 1.30 bits per heavy atom. The van der Waals surface area contributed by atoms with E-state index < -0.39 is 11.9 Å². The van der Waals surface area contributed by atoms with Crippen molar-refractivity contribution >= 4 is 33.3 Å². The SMILES string of the molecule is CCc1cc2c(NCc3ccc4c(c3)OCO4)nc(C(C)C(=O)O)nc2s1. The molecule has 2 aromatic heterocycles. The normalized spacial score (nSPS) is 13.7. The summed E-state index contributed by atoms with van der Waals surface area (Å²) in [4.78, 5) is 22.3. The van der Waals surface area contributed by atoms with E-state index in [-0.39, 0.29) is 6.79 Å². The van der Waals surface area contributed by atoms with Crippen LogP contribution in [0.3, 0.4) is 0 Å². The lowest BCUT2D eigenvalue weighted by Crippen LogP contribution is -2.13. The van der Waals surface area contributed by atoms with E-state index in [9.17, 15) is 9.90 Å². The van der Waals surface area contributed by atoms with E-state index in [1.807, 2.05) is 18.2 Å². The van der Waals surface area contributed by atoms with Crippen LogP contribution in [0.2, 0.25) is 0 Å². The van der Waals surface area contributed by atoms with Gasteiger partial charge in [-0.1, -0.05) is 13.0 Å². The second kappa shape index (κ2) is 7.03. The monoisotopic (exact) mass is 385 g/mol. The second-order valence-electron chi connectivity index (χ2n) is 6.32. The lowest BCUT2D eigenvalue weighted by atomic mass is 10.1. The third-order valence-electron chi connectivity index (χ3n) is 4.46. The van der Waals surface area contributed by atoms with Gasteiger partial charge in [0.25, 0.3) is 0 Å². The Balaban J connectivity index is 1.66. The second-order valence-corrected chi connectivity index (χ2v) is 7.43. The van der Waals surface area contributed by atoms with Gasteiger partial charge in [-0.2, -0.15) is 0 Å². The molecule has 0 amide bonds. The highest BCUT2D eigenvalue weighted by Crippen LogP contribution is 2.34. The number of hydrogen-bond acceptors (Lipinski definition) is 7. The van der Waals surface area contributed by atoms with Crippen molar-refractivity contribution in [2.45, 2.75) is 32.7 Å². The Hall–Kier alpha value is -2.87. The number of ether oxygens (including phenoxy) is 2. The van der Waals surface area contributed by atoms with Crippen LogP contribution in [0.15, 0.2) is 24.3 Å². The third-order valence-corrected chi connectivity index (χ3v) is 5.64. The maximum atomic E-state index is 11.4. The van der Waals surface area contributed by atoms with Crippen LogP contribution in [0.25, 0.3) is 10.2 Å². The van der Waals surface area contributed by atoms with Crippen LogP contribution in [-0.2, 0) is 17.8 Å². The van der Waals surface area contributed by atoms with Gasteiger partial charge in [-0.15, -0.1) is 11.3 Å². The summed E-state index contributed by atoms with van der Waals surface area (Å²) in [6.45, 7) is 4.45. The van der Waals surface area contributed by atoms with Crippen LogP contribution >= 0.6 is 11.3 Å². The zero-order chi connectivity index (χ0) is 19.0. The molecule has 0 spiro atoms. The molecule has 0 fully saturated rings. The fourth-order valence-electron chi connectivity index (χ4n) is 2.84. The number of aromatic nitrogens is 2. The van der Waals surface area contributed by atoms with Crippen LogP contribution in [0.5, 0.6) is 11.5 Å². The van der Waals surface area contributed by atoms with Crippen LogP contribution in [0.1, 0.15) is 36.0 Å².